The number of carboxylic acids is 1. The Morgan fingerprint density at radius 2 is 1.65 bits per heavy atom. The number of pyridine rings is 1. The lowest BCUT2D eigenvalue weighted by Gasteiger charge is -2.14. The van der Waals surface area contributed by atoms with Crippen LogP contribution >= 0.6 is 11.6 Å². The number of nitrogens with zero attached hydrogens (tertiary/aromatic N) is 4. The van der Waals surface area contributed by atoms with E-state index in [1.807, 2.05) is 6.07 Å². The van der Waals surface area contributed by atoms with Crippen LogP contribution in [0.15, 0.2) is 78.0 Å². The van der Waals surface area contributed by atoms with E-state index >= 15 is 0 Å². The standard InChI is InChI=1S/C25H16ClF3N4O3.C2HF3O2/c26-21-3-2-19(12-20(21)25(27,28)29)36-22-4-1-17(11-18(22)13-30)15-35-23-7-10-32-24(34)33(23)14-16-5-8-31-9-6-16;3-2(4,5)1(6)7/h1-12H,14-15H2;(H,6,7). The van der Waals surface area contributed by atoms with E-state index < -0.39 is 34.6 Å². The Balaban J connectivity index is 0.000000646. The molecule has 4 aromatic rings. The molecule has 2 aromatic heterocycles. The van der Waals surface area contributed by atoms with Gasteiger partial charge in [-0.05, 0) is 53.6 Å². The van der Waals surface area contributed by atoms with Gasteiger partial charge in [0.05, 0.1) is 22.7 Å². The van der Waals surface area contributed by atoms with Gasteiger partial charge in [-0.2, -0.15) is 31.6 Å². The average molecular weight is 627 g/mol. The molecule has 9 nitrogen and oxygen atoms in total. The molecule has 0 aliphatic carbocycles. The van der Waals surface area contributed by atoms with Gasteiger partial charge >= 0.3 is 24.0 Å². The van der Waals surface area contributed by atoms with Crippen molar-refractivity contribution in [1.29, 1.82) is 5.26 Å². The number of aromatic nitrogens is 3. The largest absolute Gasteiger partial charge is 0.490 e. The van der Waals surface area contributed by atoms with Crippen molar-refractivity contribution in [2.24, 2.45) is 0 Å². The minimum Gasteiger partial charge on any atom is -0.475 e. The van der Waals surface area contributed by atoms with Crippen LogP contribution in [0.4, 0.5) is 26.3 Å². The summed E-state index contributed by atoms with van der Waals surface area (Å²) in [4.78, 5) is 28.9. The fourth-order valence-corrected chi connectivity index (χ4v) is 3.50. The lowest BCUT2D eigenvalue weighted by atomic mass is 10.1. The van der Waals surface area contributed by atoms with Crippen molar-refractivity contribution < 1.29 is 45.7 Å². The van der Waals surface area contributed by atoms with Crippen LogP contribution in [0.2, 0.25) is 5.02 Å². The molecule has 0 fully saturated rings. The summed E-state index contributed by atoms with van der Waals surface area (Å²) in [5, 5.41) is 16.2. The molecule has 43 heavy (non-hydrogen) atoms. The number of halogens is 7. The van der Waals surface area contributed by atoms with Crippen molar-refractivity contribution >= 4 is 17.6 Å². The van der Waals surface area contributed by atoms with Crippen molar-refractivity contribution in [3.63, 3.8) is 0 Å². The van der Waals surface area contributed by atoms with E-state index in [0.717, 1.165) is 17.7 Å². The number of alkyl halides is 6. The number of rotatable bonds is 7. The van der Waals surface area contributed by atoms with Crippen LogP contribution in [0, 0.1) is 11.3 Å². The minimum atomic E-state index is -5.08. The lowest BCUT2D eigenvalue weighted by molar-refractivity contribution is -0.192. The highest BCUT2D eigenvalue weighted by Gasteiger charge is 2.38. The predicted octanol–water partition coefficient (Wildman–Crippen LogP) is 6.24. The molecule has 0 spiro atoms. The summed E-state index contributed by atoms with van der Waals surface area (Å²) in [5.41, 5.74) is -0.0457. The molecule has 2 aromatic carbocycles. The fourth-order valence-electron chi connectivity index (χ4n) is 3.27. The van der Waals surface area contributed by atoms with E-state index in [9.17, 15) is 36.4 Å². The van der Waals surface area contributed by atoms with E-state index in [-0.39, 0.29) is 36.1 Å². The first-order chi connectivity index (χ1) is 20.2. The molecule has 1 N–H and O–H groups in total. The van der Waals surface area contributed by atoms with Gasteiger partial charge in [-0.15, -0.1) is 0 Å². The van der Waals surface area contributed by atoms with Crippen LogP contribution < -0.4 is 15.2 Å². The third-order valence-electron chi connectivity index (χ3n) is 5.25. The van der Waals surface area contributed by atoms with E-state index in [1.165, 1.54) is 29.0 Å². The highest BCUT2D eigenvalue weighted by Crippen LogP contribution is 2.38. The molecule has 0 atom stereocenters. The number of hydrogen-bond acceptors (Lipinski definition) is 7. The maximum absolute atomic E-state index is 13.1. The predicted molar refractivity (Wildman–Crippen MR) is 138 cm³/mol. The molecule has 4 rings (SSSR count). The topological polar surface area (TPSA) is 127 Å². The second kappa shape index (κ2) is 13.7. The van der Waals surface area contributed by atoms with E-state index in [0.29, 0.717) is 5.56 Å². The summed E-state index contributed by atoms with van der Waals surface area (Å²) in [5.74, 6) is -2.54. The van der Waals surface area contributed by atoms with Crippen LogP contribution in [0.1, 0.15) is 22.3 Å². The zero-order chi connectivity index (χ0) is 31.8. The minimum absolute atomic E-state index is 0.00786. The first-order valence-corrected chi connectivity index (χ1v) is 12.0. The molecule has 0 aliphatic heterocycles. The molecule has 0 saturated heterocycles. The molecule has 0 radical (unpaired) electrons. The summed E-state index contributed by atoms with van der Waals surface area (Å²) < 4.78 is 83.8. The number of ether oxygens (including phenoxy) is 2. The number of carbonyl (C=O) groups is 1. The normalized spacial score (nSPS) is 11.1. The van der Waals surface area contributed by atoms with Gasteiger partial charge < -0.3 is 14.6 Å². The van der Waals surface area contributed by atoms with Gasteiger partial charge in [0.2, 0.25) is 0 Å². The third kappa shape index (κ3) is 9.20. The van der Waals surface area contributed by atoms with Gasteiger partial charge in [0.1, 0.15) is 24.2 Å². The molecule has 0 amide bonds. The van der Waals surface area contributed by atoms with Gasteiger partial charge in [0.15, 0.2) is 5.88 Å². The Morgan fingerprint density at radius 1 is 0.977 bits per heavy atom. The monoisotopic (exact) mass is 626 g/mol. The molecule has 0 aliphatic rings. The summed E-state index contributed by atoms with van der Waals surface area (Å²) in [6.07, 6.45) is -5.18. The Morgan fingerprint density at radius 3 is 2.26 bits per heavy atom. The molecular formula is C27H17ClF6N4O5. The van der Waals surface area contributed by atoms with Crippen molar-refractivity contribution in [3.8, 4) is 23.4 Å². The molecular weight excluding hydrogens is 610 g/mol. The van der Waals surface area contributed by atoms with E-state index in [2.05, 4.69) is 9.97 Å². The molecule has 0 bridgehead atoms. The summed E-state index contributed by atoms with van der Waals surface area (Å²) in [7, 11) is 0. The maximum Gasteiger partial charge on any atom is 0.490 e. The number of benzene rings is 2. The molecule has 2 heterocycles. The van der Waals surface area contributed by atoms with Crippen LogP contribution in [0.5, 0.6) is 17.4 Å². The quantitative estimate of drug-likeness (QED) is 0.239. The first kappa shape index (κ1) is 32.4. The van der Waals surface area contributed by atoms with Crippen molar-refractivity contribution in [3.05, 3.63) is 111 Å². The van der Waals surface area contributed by atoms with Crippen molar-refractivity contribution in [1.82, 2.24) is 14.5 Å². The van der Waals surface area contributed by atoms with Crippen LogP contribution in [-0.4, -0.2) is 31.8 Å². The van der Waals surface area contributed by atoms with Gasteiger partial charge in [-0.25, -0.2) is 14.6 Å². The second-order valence-electron chi connectivity index (χ2n) is 8.28. The van der Waals surface area contributed by atoms with Crippen molar-refractivity contribution in [2.45, 2.75) is 25.5 Å². The average Bonchev–Trinajstić information content (AvgIpc) is 2.94. The molecule has 16 heteroatoms. The zero-order valence-electron chi connectivity index (χ0n) is 21.4. The Labute approximate surface area is 243 Å². The number of hydrogen-bond donors (Lipinski definition) is 1. The lowest BCUT2D eigenvalue weighted by Crippen LogP contribution is -2.24. The maximum atomic E-state index is 13.1. The summed E-state index contributed by atoms with van der Waals surface area (Å²) in [6, 6.07) is 14.7. The Hall–Kier alpha value is -5.10. The van der Waals surface area contributed by atoms with Gasteiger partial charge in [-0.3, -0.25) is 9.55 Å². The van der Waals surface area contributed by atoms with Gasteiger partial charge in [0.25, 0.3) is 0 Å². The zero-order valence-corrected chi connectivity index (χ0v) is 22.1. The summed E-state index contributed by atoms with van der Waals surface area (Å²) in [6.45, 7) is 0.232. The van der Waals surface area contributed by atoms with Crippen LogP contribution in [0.3, 0.4) is 0 Å². The SMILES string of the molecule is N#Cc1cc(COc2ccnc(=O)n2Cc2ccncc2)ccc1Oc1ccc(Cl)c(C(F)(F)F)c1.O=C(O)C(F)(F)F. The van der Waals surface area contributed by atoms with Crippen LogP contribution in [-0.2, 0) is 24.1 Å². The molecule has 0 saturated carbocycles. The van der Waals surface area contributed by atoms with Gasteiger partial charge in [-0.1, -0.05) is 17.7 Å². The highest BCUT2D eigenvalue weighted by molar-refractivity contribution is 6.31. The number of carboxylic acid groups (broad SMARTS) is 1. The fraction of sp³-hybridized carbons (Fsp3) is 0.148. The second-order valence-corrected chi connectivity index (χ2v) is 8.69. The Bertz CT molecular complexity index is 1690. The smallest absolute Gasteiger partial charge is 0.475 e. The number of aliphatic carboxylic acids is 1. The third-order valence-corrected chi connectivity index (χ3v) is 5.58. The molecule has 0 unspecified atom stereocenters. The van der Waals surface area contributed by atoms with Gasteiger partial charge in [0, 0.05) is 24.7 Å². The van der Waals surface area contributed by atoms with E-state index in [1.54, 1.807) is 36.7 Å². The van der Waals surface area contributed by atoms with Crippen molar-refractivity contribution in [2.75, 3.05) is 0 Å². The first-order valence-electron chi connectivity index (χ1n) is 11.6. The molecule has 224 valence electrons. The Kier molecular flexibility index (Phi) is 10.3. The summed E-state index contributed by atoms with van der Waals surface area (Å²) >= 11 is 5.64. The number of nitriles is 1. The van der Waals surface area contributed by atoms with Crippen LogP contribution in [0.25, 0.3) is 0 Å². The van der Waals surface area contributed by atoms with E-state index in [4.69, 9.17) is 31.0 Å². The highest BCUT2D eigenvalue weighted by atomic mass is 35.5.